The number of nitrogens with zero attached hydrogens (tertiary/aromatic N) is 1. The number of amides is 2. The largest absolute Gasteiger partial charge is 0.444 e. The molecule has 2 rings (SSSR count). The highest BCUT2D eigenvalue weighted by molar-refractivity contribution is 5.94. The summed E-state index contributed by atoms with van der Waals surface area (Å²) in [5, 5.41) is 2.98. The molecule has 1 aliphatic rings. The van der Waals surface area contributed by atoms with Crippen LogP contribution in [0.1, 0.15) is 49.5 Å². The number of likely N-dealkylation sites (tertiary alicyclic amines) is 1. The van der Waals surface area contributed by atoms with Crippen LogP contribution in [-0.4, -0.2) is 41.6 Å². The maximum Gasteiger partial charge on any atom is 0.410 e. The van der Waals surface area contributed by atoms with E-state index in [1.807, 2.05) is 20.8 Å². The molecule has 1 aromatic carbocycles. The Kier molecular flexibility index (Phi) is 5.50. The van der Waals surface area contributed by atoms with Crippen LogP contribution in [0, 0.1) is 12.3 Å². The van der Waals surface area contributed by atoms with Crippen molar-refractivity contribution in [1.29, 1.82) is 0 Å². The number of carbonyl (C=O) groups excluding carboxylic acids is 2. The second-order valence-electron chi connectivity index (χ2n) is 6.96. The van der Waals surface area contributed by atoms with E-state index in [-0.39, 0.29) is 18.0 Å². The number of ether oxygens (including phenoxy) is 1. The Morgan fingerprint density at radius 3 is 2.79 bits per heavy atom. The molecule has 5 heteroatoms. The van der Waals surface area contributed by atoms with E-state index < -0.39 is 5.60 Å². The first-order valence-electron chi connectivity index (χ1n) is 8.14. The molecule has 0 bridgehead atoms. The zero-order chi connectivity index (χ0) is 17.7. The van der Waals surface area contributed by atoms with Crippen LogP contribution in [0.4, 0.5) is 4.79 Å². The summed E-state index contributed by atoms with van der Waals surface area (Å²) in [6, 6.07) is 6.86. The third-order valence-electron chi connectivity index (χ3n) is 3.70. The molecule has 5 nitrogen and oxygen atoms in total. The Morgan fingerprint density at radius 2 is 2.12 bits per heavy atom. The summed E-state index contributed by atoms with van der Waals surface area (Å²) in [5.41, 5.74) is 0.671. The zero-order valence-corrected chi connectivity index (χ0v) is 14.5. The molecule has 1 saturated heterocycles. The van der Waals surface area contributed by atoms with Crippen molar-refractivity contribution >= 4 is 12.0 Å². The summed E-state index contributed by atoms with van der Waals surface area (Å²) in [5.74, 6) is 2.34. The number of benzene rings is 1. The lowest BCUT2D eigenvalue weighted by Crippen LogP contribution is -2.50. The van der Waals surface area contributed by atoms with E-state index in [1.54, 1.807) is 29.2 Å². The summed E-state index contributed by atoms with van der Waals surface area (Å²) in [7, 11) is 0. The minimum Gasteiger partial charge on any atom is -0.444 e. The summed E-state index contributed by atoms with van der Waals surface area (Å²) in [6.45, 7) is 6.62. The highest BCUT2D eigenvalue weighted by atomic mass is 16.6. The molecule has 1 heterocycles. The van der Waals surface area contributed by atoms with Crippen LogP contribution in [0.15, 0.2) is 24.3 Å². The van der Waals surface area contributed by atoms with Gasteiger partial charge in [0.25, 0.3) is 5.91 Å². The van der Waals surface area contributed by atoms with E-state index in [0.717, 1.165) is 12.8 Å². The van der Waals surface area contributed by atoms with Crippen molar-refractivity contribution in [3.63, 3.8) is 0 Å². The van der Waals surface area contributed by atoms with Gasteiger partial charge >= 0.3 is 6.09 Å². The van der Waals surface area contributed by atoms with E-state index in [0.29, 0.717) is 24.2 Å². The fourth-order valence-electron chi connectivity index (χ4n) is 2.61. The molecule has 1 N–H and O–H groups in total. The summed E-state index contributed by atoms with van der Waals surface area (Å²) >= 11 is 0. The molecule has 1 atom stereocenters. The topological polar surface area (TPSA) is 58.6 Å². The van der Waals surface area contributed by atoms with Crippen LogP contribution in [0.2, 0.25) is 0 Å². The van der Waals surface area contributed by atoms with Crippen LogP contribution in [0.25, 0.3) is 0 Å². The second-order valence-corrected chi connectivity index (χ2v) is 6.96. The molecule has 0 aliphatic carbocycles. The quantitative estimate of drug-likeness (QED) is 0.849. The number of rotatable bonds is 2. The summed E-state index contributed by atoms with van der Waals surface area (Å²) in [6.07, 6.45) is 6.69. The number of terminal acetylenes is 1. The predicted octanol–water partition coefficient (Wildman–Crippen LogP) is 2.80. The first-order valence-corrected chi connectivity index (χ1v) is 8.14. The molecule has 24 heavy (non-hydrogen) atoms. The highest BCUT2D eigenvalue weighted by Crippen LogP contribution is 2.16. The molecule has 0 spiro atoms. The summed E-state index contributed by atoms with van der Waals surface area (Å²) < 4.78 is 5.40. The Hall–Kier alpha value is -2.48. The number of piperidine rings is 1. The molecule has 0 radical (unpaired) electrons. The first-order chi connectivity index (χ1) is 11.3. The maximum atomic E-state index is 12.4. The summed E-state index contributed by atoms with van der Waals surface area (Å²) in [4.78, 5) is 26.2. The van der Waals surface area contributed by atoms with E-state index in [1.165, 1.54) is 0 Å². The maximum absolute atomic E-state index is 12.4. The van der Waals surface area contributed by atoms with Crippen molar-refractivity contribution in [2.24, 2.45) is 0 Å². The van der Waals surface area contributed by atoms with Gasteiger partial charge in [-0.1, -0.05) is 12.0 Å². The van der Waals surface area contributed by atoms with Gasteiger partial charge in [0.05, 0.1) is 0 Å². The van der Waals surface area contributed by atoms with Crippen molar-refractivity contribution < 1.29 is 14.3 Å². The lowest BCUT2D eigenvalue weighted by atomic mass is 10.0. The monoisotopic (exact) mass is 328 g/mol. The minimum absolute atomic E-state index is 0.0896. The third-order valence-corrected chi connectivity index (χ3v) is 3.70. The molecule has 1 unspecified atom stereocenters. The number of nitrogens with one attached hydrogen (secondary N) is 1. The standard InChI is InChI=1S/C19H24N2O3/c1-5-14-8-6-9-15(12-14)17(22)20-16-10-7-11-21(13-16)18(23)24-19(2,3)4/h1,6,8-9,12,16H,7,10-11,13H2,2-4H3,(H,20,22). The average Bonchev–Trinajstić information content (AvgIpc) is 2.53. The second kappa shape index (κ2) is 7.39. The Morgan fingerprint density at radius 1 is 1.38 bits per heavy atom. The Balaban J connectivity index is 1.96. The highest BCUT2D eigenvalue weighted by Gasteiger charge is 2.28. The van der Waals surface area contributed by atoms with Crippen LogP contribution >= 0.6 is 0 Å². The molecule has 2 amide bonds. The van der Waals surface area contributed by atoms with Gasteiger partial charge in [0.15, 0.2) is 0 Å². The van der Waals surface area contributed by atoms with Gasteiger partial charge in [-0.05, 0) is 51.8 Å². The number of carbonyl (C=O) groups is 2. The molecule has 0 aromatic heterocycles. The van der Waals surface area contributed by atoms with Gasteiger partial charge in [0.1, 0.15) is 5.60 Å². The minimum atomic E-state index is -0.525. The molecule has 128 valence electrons. The first kappa shape index (κ1) is 17.9. The number of hydrogen-bond acceptors (Lipinski definition) is 3. The van der Waals surface area contributed by atoms with E-state index in [9.17, 15) is 9.59 Å². The predicted molar refractivity (Wildman–Crippen MR) is 92.7 cm³/mol. The SMILES string of the molecule is C#Cc1cccc(C(=O)NC2CCCN(C(=O)OC(C)(C)C)C2)c1. The van der Waals surface area contributed by atoms with Crippen molar-refractivity contribution in [2.75, 3.05) is 13.1 Å². The third kappa shape index (κ3) is 5.02. The zero-order valence-electron chi connectivity index (χ0n) is 14.5. The van der Waals surface area contributed by atoms with Crippen LogP contribution < -0.4 is 5.32 Å². The van der Waals surface area contributed by atoms with Gasteiger partial charge in [0.2, 0.25) is 0 Å². The van der Waals surface area contributed by atoms with E-state index >= 15 is 0 Å². The molecular formula is C19H24N2O3. The normalized spacial score (nSPS) is 17.8. The molecule has 1 aromatic rings. The number of hydrogen-bond donors (Lipinski definition) is 1. The van der Waals surface area contributed by atoms with Crippen molar-refractivity contribution in [3.8, 4) is 12.3 Å². The van der Waals surface area contributed by atoms with Crippen molar-refractivity contribution in [2.45, 2.75) is 45.3 Å². The van der Waals surface area contributed by atoms with Gasteiger partial charge in [-0.2, -0.15) is 0 Å². The molecular weight excluding hydrogens is 304 g/mol. The van der Waals surface area contributed by atoms with Crippen LogP contribution in [-0.2, 0) is 4.74 Å². The van der Waals surface area contributed by atoms with Gasteiger partial charge in [-0.3, -0.25) is 4.79 Å². The van der Waals surface area contributed by atoms with Crippen molar-refractivity contribution in [1.82, 2.24) is 10.2 Å². The molecule has 1 fully saturated rings. The van der Waals surface area contributed by atoms with Crippen molar-refractivity contribution in [3.05, 3.63) is 35.4 Å². The fraction of sp³-hybridized carbons (Fsp3) is 0.474. The smallest absolute Gasteiger partial charge is 0.410 e. The molecule has 1 aliphatic heterocycles. The average molecular weight is 328 g/mol. The van der Waals surface area contributed by atoms with Gasteiger partial charge < -0.3 is 15.0 Å². The lowest BCUT2D eigenvalue weighted by molar-refractivity contribution is 0.0185. The molecule has 0 saturated carbocycles. The Bertz CT molecular complexity index is 655. The van der Waals surface area contributed by atoms with E-state index in [2.05, 4.69) is 11.2 Å². The van der Waals surface area contributed by atoms with Crippen LogP contribution in [0.5, 0.6) is 0 Å². The van der Waals surface area contributed by atoms with Crippen LogP contribution in [0.3, 0.4) is 0 Å². The fourth-order valence-corrected chi connectivity index (χ4v) is 2.61. The van der Waals surface area contributed by atoms with Gasteiger partial charge in [-0.15, -0.1) is 6.42 Å². The Labute approximate surface area is 143 Å². The van der Waals surface area contributed by atoms with Gasteiger partial charge in [-0.25, -0.2) is 4.79 Å². The van der Waals surface area contributed by atoms with E-state index in [4.69, 9.17) is 11.2 Å². The lowest BCUT2D eigenvalue weighted by Gasteiger charge is -2.34. The van der Waals surface area contributed by atoms with Gasteiger partial charge in [0, 0.05) is 30.3 Å².